The second-order valence-electron chi connectivity index (χ2n) is 3.87. The smallest absolute Gasteiger partial charge is 0.105 e. The summed E-state index contributed by atoms with van der Waals surface area (Å²) in [6.07, 6.45) is 4.28. The van der Waals surface area contributed by atoms with Crippen molar-refractivity contribution in [3.63, 3.8) is 0 Å². The Morgan fingerprint density at radius 1 is 1.71 bits per heavy atom. The molecule has 4 nitrogen and oxygen atoms in total. The molecule has 1 aromatic rings. The highest BCUT2D eigenvalue weighted by atomic mass is 15.1. The Morgan fingerprint density at radius 3 is 2.93 bits per heavy atom. The van der Waals surface area contributed by atoms with E-state index in [2.05, 4.69) is 9.98 Å². The summed E-state index contributed by atoms with van der Waals surface area (Å²) in [6, 6.07) is 0. The number of imidazole rings is 1. The van der Waals surface area contributed by atoms with Crippen molar-refractivity contribution in [2.45, 2.75) is 26.3 Å². The van der Waals surface area contributed by atoms with Crippen LogP contribution < -0.4 is 5.73 Å². The van der Waals surface area contributed by atoms with E-state index in [9.17, 15) is 0 Å². The number of aryl methyl sites for hydroxylation is 1. The Bertz CT molecular complexity index is 360. The lowest BCUT2D eigenvalue weighted by molar-refractivity contribution is 0.786. The Kier molecular flexibility index (Phi) is 2.27. The number of aromatic nitrogens is 2. The third-order valence-electron chi connectivity index (χ3n) is 2.74. The first-order chi connectivity index (χ1) is 6.68. The summed E-state index contributed by atoms with van der Waals surface area (Å²) in [7, 11) is 2.00. The molecular weight excluding hydrogens is 176 g/mol. The maximum atomic E-state index is 5.80. The number of amidine groups is 1. The van der Waals surface area contributed by atoms with Crippen LogP contribution in [0.1, 0.15) is 24.4 Å². The molecule has 0 saturated heterocycles. The Hall–Kier alpha value is -1.32. The molecule has 1 aromatic heterocycles. The molecule has 0 spiro atoms. The molecule has 1 aliphatic rings. The lowest BCUT2D eigenvalue weighted by Gasteiger charge is -2.01. The lowest BCUT2D eigenvalue weighted by atomic mass is 10.4. The molecule has 2 N–H and O–H groups in total. The van der Waals surface area contributed by atoms with E-state index in [-0.39, 0.29) is 0 Å². The number of aliphatic imine (C=N–C) groups is 1. The number of rotatable bonds is 3. The topological polar surface area (TPSA) is 56.2 Å². The number of nitrogens with zero attached hydrogens (tertiary/aromatic N) is 3. The Balaban J connectivity index is 2.03. The maximum absolute atomic E-state index is 5.80. The maximum Gasteiger partial charge on any atom is 0.105 e. The van der Waals surface area contributed by atoms with Crippen LogP contribution in [0.5, 0.6) is 0 Å². The van der Waals surface area contributed by atoms with Gasteiger partial charge in [0.05, 0.1) is 24.3 Å². The van der Waals surface area contributed by atoms with E-state index >= 15 is 0 Å². The van der Waals surface area contributed by atoms with E-state index in [1.807, 2.05) is 24.7 Å². The van der Waals surface area contributed by atoms with E-state index in [1.165, 1.54) is 12.8 Å². The number of hydrogen-bond donors (Lipinski definition) is 1. The summed E-state index contributed by atoms with van der Waals surface area (Å²) in [5.41, 5.74) is 6.92. The minimum absolute atomic E-state index is 0.560. The summed E-state index contributed by atoms with van der Waals surface area (Å²) in [4.78, 5) is 8.57. The van der Waals surface area contributed by atoms with Crippen molar-refractivity contribution in [2.75, 3.05) is 0 Å². The average Bonchev–Trinajstić information content (AvgIpc) is 2.95. The van der Waals surface area contributed by atoms with Crippen LogP contribution >= 0.6 is 0 Å². The van der Waals surface area contributed by atoms with Crippen molar-refractivity contribution >= 4 is 5.84 Å². The van der Waals surface area contributed by atoms with E-state index in [0.717, 1.165) is 17.4 Å². The summed E-state index contributed by atoms with van der Waals surface area (Å²) >= 11 is 0. The molecule has 14 heavy (non-hydrogen) atoms. The van der Waals surface area contributed by atoms with Crippen LogP contribution in [0.15, 0.2) is 11.2 Å². The van der Waals surface area contributed by atoms with Crippen molar-refractivity contribution in [3.05, 3.63) is 17.7 Å². The van der Waals surface area contributed by atoms with Gasteiger partial charge in [-0.25, -0.2) is 4.98 Å². The van der Waals surface area contributed by atoms with Crippen LogP contribution in [0, 0.1) is 12.8 Å². The summed E-state index contributed by atoms with van der Waals surface area (Å²) in [6.45, 7) is 2.64. The molecule has 0 atom stereocenters. The van der Waals surface area contributed by atoms with Gasteiger partial charge in [0.15, 0.2) is 0 Å². The normalized spacial score (nSPS) is 17.4. The molecule has 0 amide bonds. The molecule has 1 aliphatic carbocycles. The predicted molar refractivity (Wildman–Crippen MR) is 56.0 cm³/mol. The van der Waals surface area contributed by atoms with Gasteiger partial charge in [0.2, 0.25) is 0 Å². The first kappa shape index (κ1) is 9.24. The molecule has 4 heteroatoms. The number of hydrogen-bond acceptors (Lipinski definition) is 2. The van der Waals surface area contributed by atoms with Crippen LogP contribution in [-0.2, 0) is 13.6 Å². The molecule has 76 valence electrons. The van der Waals surface area contributed by atoms with E-state index < -0.39 is 0 Å². The lowest BCUT2D eigenvalue weighted by Crippen LogP contribution is -2.14. The molecule has 1 heterocycles. The van der Waals surface area contributed by atoms with Gasteiger partial charge in [-0.15, -0.1) is 0 Å². The molecule has 1 fully saturated rings. The van der Waals surface area contributed by atoms with Gasteiger partial charge in [-0.1, -0.05) is 0 Å². The predicted octanol–water partition coefficient (Wildman–Crippen LogP) is 0.996. The van der Waals surface area contributed by atoms with Gasteiger partial charge >= 0.3 is 0 Å². The van der Waals surface area contributed by atoms with Crippen molar-refractivity contribution in [2.24, 2.45) is 23.7 Å². The summed E-state index contributed by atoms with van der Waals surface area (Å²) in [5, 5.41) is 0. The van der Waals surface area contributed by atoms with Crippen LogP contribution in [0.25, 0.3) is 0 Å². The third kappa shape index (κ3) is 1.78. The fraction of sp³-hybridized carbons (Fsp3) is 0.600. The molecule has 0 aromatic carbocycles. The van der Waals surface area contributed by atoms with Gasteiger partial charge in [0.25, 0.3) is 0 Å². The first-order valence-electron chi connectivity index (χ1n) is 4.95. The minimum Gasteiger partial charge on any atom is -0.387 e. The average molecular weight is 192 g/mol. The van der Waals surface area contributed by atoms with Gasteiger partial charge < -0.3 is 10.3 Å². The van der Waals surface area contributed by atoms with Gasteiger partial charge in [-0.3, -0.25) is 4.99 Å². The van der Waals surface area contributed by atoms with Crippen molar-refractivity contribution in [1.29, 1.82) is 0 Å². The van der Waals surface area contributed by atoms with Gasteiger partial charge in [0, 0.05) is 13.0 Å². The highest BCUT2D eigenvalue weighted by molar-refractivity contribution is 5.84. The van der Waals surface area contributed by atoms with E-state index in [1.54, 1.807) is 0 Å². The molecule has 0 bridgehead atoms. The highest BCUT2D eigenvalue weighted by Gasteiger charge is 2.25. The molecule has 0 radical (unpaired) electrons. The monoisotopic (exact) mass is 192 g/mol. The van der Waals surface area contributed by atoms with Gasteiger partial charge in [-0.05, 0) is 19.8 Å². The quantitative estimate of drug-likeness (QED) is 0.573. The van der Waals surface area contributed by atoms with Gasteiger partial charge in [-0.2, -0.15) is 0 Å². The van der Waals surface area contributed by atoms with E-state index in [0.29, 0.717) is 12.5 Å². The Labute approximate surface area is 83.9 Å². The van der Waals surface area contributed by atoms with Crippen LogP contribution in [-0.4, -0.2) is 15.4 Å². The standard InChI is InChI=1S/C10H16N4/c1-7-12-5-9(14(7)2)6-13-10(11)8-3-4-8/h5,8H,3-4,6H2,1-2H3,(H2,11,13). The van der Waals surface area contributed by atoms with Crippen molar-refractivity contribution < 1.29 is 0 Å². The van der Waals surface area contributed by atoms with Gasteiger partial charge in [0.1, 0.15) is 5.82 Å². The van der Waals surface area contributed by atoms with Crippen LogP contribution in [0.4, 0.5) is 0 Å². The zero-order valence-corrected chi connectivity index (χ0v) is 8.70. The minimum atomic E-state index is 0.560. The fourth-order valence-corrected chi connectivity index (χ4v) is 1.38. The second-order valence-corrected chi connectivity index (χ2v) is 3.87. The Morgan fingerprint density at radius 2 is 2.43 bits per heavy atom. The molecule has 1 saturated carbocycles. The molecule has 2 rings (SSSR count). The fourth-order valence-electron chi connectivity index (χ4n) is 1.38. The SMILES string of the molecule is Cc1ncc(CN=C(N)C2CC2)n1C. The number of nitrogens with two attached hydrogens (primary N) is 1. The second kappa shape index (κ2) is 3.44. The van der Waals surface area contributed by atoms with Crippen molar-refractivity contribution in [3.8, 4) is 0 Å². The molecule has 0 aliphatic heterocycles. The van der Waals surface area contributed by atoms with Crippen molar-refractivity contribution in [1.82, 2.24) is 9.55 Å². The van der Waals surface area contributed by atoms with Crippen LogP contribution in [0.2, 0.25) is 0 Å². The van der Waals surface area contributed by atoms with E-state index in [4.69, 9.17) is 5.73 Å². The zero-order valence-electron chi connectivity index (χ0n) is 8.70. The summed E-state index contributed by atoms with van der Waals surface area (Å²) in [5.74, 6) is 2.38. The molecular formula is C10H16N4. The van der Waals surface area contributed by atoms with Crippen LogP contribution in [0.3, 0.4) is 0 Å². The highest BCUT2D eigenvalue weighted by Crippen LogP contribution is 2.28. The zero-order chi connectivity index (χ0) is 10.1. The third-order valence-corrected chi connectivity index (χ3v) is 2.74. The summed E-state index contributed by atoms with van der Waals surface area (Å²) < 4.78 is 2.05. The first-order valence-corrected chi connectivity index (χ1v) is 4.95. The molecule has 0 unspecified atom stereocenters. The largest absolute Gasteiger partial charge is 0.387 e.